The van der Waals surface area contributed by atoms with Gasteiger partial charge >= 0.3 is 5.69 Å². The number of aryl methyl sites for hydroxylation is 1. The molecule has 2 aromatic heterocycles. The van der Waals surface area contributed by atoms with Crippen LogP contribution in [0.5, 0.6) is 0 Å². The van der Waals surface area contributed by atoms with E-state index >= 15 is 0 Å². The van der Waals surface area contributed by atoms with Crippen LogP contribution in [0.15, 0.2) is 88.2 Å². The Balaban J connectivity index is 1.72. The third-order valence-electron chi connectivity index (χ3n) is 6.56. The summed E-state index contributed by atoms with van der Waals surface area (Å²) in [6.07, 6.45) is 5.57. The molecule has 7 nitrogen and oxygen atoms in total. The second kappa shape index (κ2) is 9.91. The van der Waals surface area contributed by atoms with Crippen LogP contribution in [0.2, 0.25) is 0 Å². The quantitative estimate of drug-likeness (QED) is 0.428. The molecular weight excluding hydrogens is 459 g/mol. The molecule has 0 saturated heterocycles. The van der Waals surface area contributed by atoms with E-state index in [2.05, 4.69) is 0 Å². The molecule has 0 saturated carbocycles. The molecule has 0 radical (unpaired) electrons. The normalized spacial score (nSPS) is 15.4. The number of aliphatic hydroxyl groups excluding tert-OH is 1. The first kappa shape index (κ1) is 23.7. The molecule has 8 heteroatoms. The van der Waals surface area contributed by atoms with Crippen LogP contribution in [0.1, 0.15) is 12.8 Å². The molecule has 4 aromatic rings. The standard InChI is InChI=1S/C28H27FN4O3/c1-31-26-24(27(35)32(28(31)36)15-6-16-34)33(18-19-11-13-23(29)14-12-19)25(30-26)22-10-5-9-21(17-22)20-7-3-2-4-8-20/h2-5,7-11,13-14,17,19,34H,6,12,15-16,18H2,1H3. The van der Waals surface area contributed by atoms with Gasteiger partial charge in [0.25, 0.3) is 5.56 Å². The number of allylic oxidation sites excluding steroid dienone is 4. The Morgan fingerprint density at radius 3 is 2.50 bits per heavy atom. The second-order valence-electron chi connectivity index (χ2n) is 8.98. The van der Waals surface area contributed by atoms with Crippen LogP contribution in [0, 0.1) is 5.92 Å². The van der Waals surface area contributed by atoms with E-state index in [-0.39, 0.29) is 31.3 Å². The van der Waals surface area contributed by atoms with E-state index in [1.165, 1.54) is 16.7 Å². The molecular formula is C28H27FN4O3. The second-order valence-corrected chi connectivity index (χ2v) is 8.98. The predicted octanol–water partition coefficient (Wildman–Crippen LogP) is 4.04. The minimum atomic E-state index is -0.474. The highest BCUT2D eigenvalue weighted by atomic mass is 19.1. The van der Waals surface area contributed by atoms with Gasteiger partial charge in [0.05, 0.1) is 0 Å². The van der Waals surface area contributed by atoms with Gasteiger partial charge in [-0.05, 0) is 48.1 Å². The Kier molecular flexibility index (Phi) is 6.52. The van der Waals surface area contributed by atoms with Gasteiger partial charge in [0.1, 0.15) is 11.7 Å². The number of aromatic nitrogens is 4. The van der Waals surface area contributed by atoms with Crippen molar-refractivity contribution >= 4 is 11.2 Å². The molecule has 1 aliphatic carbocycles. The zero-order valence-electron chi connectivity index (χ0n) is 20.0. The van der Waals surface area contributed by atoms with E-state index in [0.29, 0.717) is 30.0 Å². The lowest BCUT2D eigenvalue weighted by Gasteiger charge is -2.17. The van der Waals surface area contributed by atoms with Gasteiger partial charge in [0, 0.05) is 32.3 Å². The maximum absolute atomic E-state index is 13.6. The smallest absolute Gasteiger partial charge is 0.332 e. The molecule has 2 aromatic carbocycles. The number of fused-ring (bicyclic) bond motifs is 1. The molecule has 1 unspecified atom stereocenters. The van der Waals surface area contributed by atoms with Crippen LogP contribution in [-0.2, 0) is 20.1 Å². The minimum Gasteiger partial charge on any atom is -0.396 e. The van der Waals surface area contributed by atoms with Crippen molar-refractivity contribution in [1.29, 1.82) is 0 Å². The van der Waals surface area contributed by atoms with Gasteiger partial charge in [0.15, 0.2) is 11.2 Å². The lowest BCUT2D eigenvalue weighted by molar-refractivity contribution is 0.277. The van der Waals surface area contributed by atoms with Crippen molar-refractivity contribution in [3.63, 3.8) is 0 Å². The van der Waals surface area contributed by atoms with Crippen LogP contribution in [0.3, 0.4) is 0 Å². The fourth-order valence-electron chi connectivity index (χ4n) is 4.67. The van der Waals surface area contributed by atoms with Crippen molar-refractivity contribution in [3.05, 3.63) is 99.5 Å². The van der Waals surface area contributed by atoms with Crippen molar-refractivity contribution < 1.29 is 9.50 Å². The summed E-state index contributed by atoms with van der Waals surface area (Å²) in [6.45, 7) is 0.379. The van der Waals surface area contributed by atoms with Crippen LogP contribution in [-0.4, -0.2) is 30.4 Å². The van der Waals surface area contributed by atoms with Crippen molar-refractivity contribution in [2.45, 2.75) is 25.9 Å². The Bertz CT molecular complexity index is 1600. The van der Waals surface area contributed by atoms with Gasteiger partial charge in [0.2, 0.25) is 0 Å². The molecule has 0 fully saturated rings. The number of imidazole rings is 1. The molecule has 5 rings (SSSR count). The number of nitrogens with zero attached hydrogens (tertiary/aromatic N) is 4. The molecule has 0 spiro atoms. The topological polar surface area (TPSA) is 82.0 Å². The minimum absolute atomic E-state index is 0.0412. The van der Waals surface area contributed by atoms with Gasteiger partial charge in [-0.2, -0.15) is 0 Å². The van der Waals surface area contributed by atoms with Gasteiger partial charge in [-0.25, -0.2) is 14.2 Å². The molecule has 1 atom stereocenters. The molecule has 1 N–H and O–H groups in total. The number of benzene rings is 2. The fourth-order valence-corrected chi connectivity index (χ4v) is 4.67. The zero-order valence-corrected chi connectivity index (χ0v) is 20.0. The number of halogens is 1. The molecule has 2 heterocycles. The first-order valence-corrected chi connectivity index (χ1v) is 12.0. The van der Waals surface area contributed by atoms with E-state index in [1.54, 1.807) is 13.1 Å². The summed E-state index contributed by atoms with van der Waals surface area (Å²) in [6, 6.07) is 17.9. The maximum atomic E-state index is 13.6. The average molecular weight is 487 g/mol. The maximum Gasteiger partial charge on any atom is 0.332 e. The van der Waals surface area contributed by atoms with E-state index in [4.69, 9.17) is 4.98 Å². The first-order chi connectivity index (χ1) is 17.5. The van der Waals surface area contributed by atoms with Gasteiger partial charge < -0.3 is 9.67 Å². The molecule has 0 bridgehead atoms. The average Bonchev–Trinajstić information content (AvgIpc) is 3.29. The first-order valence-electron chi connectivity index (χ1n) is 12.0. The third-order valence-corrected chi connectivity index (χ3v) is 6.56. The molecule has 0 aliphatic heterocycles. The highest BCUT2D eigenvalue weighted by Crippen LogP contribution is 2.29. The zero-order chi connectivity index (χ0) is 25.2. The molecule has 0 amide bonds. The van der Waals surface area contributed by atoms with Crippen LogP contribution < -0.4 is 11.2 Å². The number of rotatable bonds is 7. The highest BCUT2D eigenvalue weighted by Gasteiger charge is 2.23. The lowest BCUT2D eigenvalue weighted by Crippen LogP contribution is -2.40. The lowest BCUT2D eigenvalue weighted by atomic mass is 10.00. The summed E-state index contributed by atoms with van der Waals surface area (Å²) < 4.78 is 18.0. The van der Waals surface area contributed by atoms with Crippen LogP contribution in [0.25, 0.3) is 33.7 Å². The van der Waals surface area contributed by atoms with E-state index < -0.39 is 11.2 Å². The summed E-state index contributed by atoms with van der Waals surface area (Å²) in [5.41, 5.74) is 2.56. The summed E-state index contributed by atoms with van der Waals surface area (Å²) >= 11 is 0. The van der Waals surface area contributed by atoms with Gasteiger partial charge in [-0.15, -0.1) is 0 Å². The van der Waals surface area contributed by atoms with E-state index in [9.17, 15) is 19.1 Å². The van der Waals surface area contributed by atoms with Crippen LogP contribution in [0.4, 0.5) is 4.39 Å². The van der Waals surface area contributed by atoms with Crippen molar-refractivity contribution in [1.82, 2.24) is 18.7 Å². The summed E-state index contributed by atoms with van der Waals surface area (Å²) in [5.74, 6) is 0.255. The van der Waals surface area contributed by atoms with Gasteiger partial charge in [-0.1, -0.05) is 54.6 Å². The molecule has 1 aliphatic rings. The predicted molar refractivity (Wildman–Crippen MR) is 138 cm³/mol. The van der Waals surface area contributed by atoms with Crippen LogP contribution >= 0.6 is 0 Å². The highest BCUT2D eigenvalue weighted by molar-refractivity contribution is 5.79. The Morgan fingerprint density at radius 1 is 1.03 bits per heavy atom. The van der Waals surface area contributed by atoms with Crippen molar-refractivity contribution in [3.8, 4) is 22.5 Å². The van der Waals surface area contributed by atoms with E-state index in [0.717, 1.165) is 21.3 Å². The molecule has 184 valence electrons. The van der Waals surface area contributed by atoms with Crippen molar-refractivity contribution in [2.75, 3.05) is 6.61 Å². The Morgan fingerprint density at radius 2 is 1.78 bits per heavy atom. The SMILES string of the molecule is Cn1c(=O)n(CCCO)c(=O)c2c1nc(-c1cccc(-c3ccccc3)c1)n2CC1C=CC(F)=CC1. The van der Waals surface area contributed by atoms with Crippen molar-refractivity contribution in [2.24, 2.45) is 13.0 Å². The number of hydrogen-bond donors (Lipinski definition) is 1. The Hall–Kier alpha value is -4.04. The monoisotopic (exact) mass is 486 g/mol. The van der Waals surface area contributed by atoms with E-state index in [1.807, 2.05) is 59.2 Å². The number of hydrogen-bond acceptors (Lipinski definition) is 4. The number of aliphatic hydroxyl groups is 1. The largest absolute Gasteiger partial charge is 0.396 e. The third kappa shape index (κ3) is 4.35. The Labute approximate surface area is 207 Å². The summed E-state index contributed by atoms with van der Waals surface area (Å²) in [4.78, 5) is 31.3. The summed E-state index contributed by atoms with van der Waals surface area (Å²) in [5, 5.41) is 9.27. The fraction of sp³-hybridized carbons (Fsp3) is 0.250. The van der Waals surface area contributed by atoms with Gasteiger partial charge in [-0.3, -0.25) is 13.9 Å². The molecule has 36 heavy (non-hydrogen) atoms. The summed E-state index contributed by atoms with van der Waals surface area (Å²) in [7, 11) is 1.60.